The van der Waals surface area contributed by atoms with Gasteiger partial charge in [0, 0.05) is 12.8 Å². The Balaban J connectivity index is 2.16. The summed E-state index contributed by atoms with van der Waals surface area (Å²) >= 11 is 0. The summed E-state index contributed by atoms with van der Waals surface area (Å²) in [6.07, 6.45) is 53.8. The van der Waals surface area contributed by atoms with E-state index in [0.717, 1.165) is 38.5 Å². The first-order valence-corrected chi connectivity index (χ1v) is 30.8. The maximum atomic E-state index is 12.9. The maximum absolute atomic E-state index is 12.9. The van der Waals surface area contributed by atoms with Gasteiger partial charge in [-0.1, -0.05) is 270 Å². The van der Waals surface area contributed by atoms with Gasteiger partial charge in [0.15, 0.2) is 12.4 Å². The molecule has 420 valence electrons. The Morgan fingerprint density at radius 1 is 0.423 bits per heavy atom. The molecule has 10 heteroatoms. The molecule has 0 spiro atoms. The molecule has 0 aliphatic carbocycles. The Morgan fingerprint density at radius 2 is 0.746 bits per heavy atom. The molecule has 0 amide bonds. The van der Waals surface area contributed by atoms with Gasteiger partial charge in [-0.25, -0.2) is 0 Å². The van der Waals surface area contributed by atoms with Crippen molar-refractivity contribution >= 4 is 11.9 Å². The van der Waals surface area contributed by atoms with Crippen molar-refractivity contribution in [3.8, 4) is 0 Å². The summed E-state index contributed by atoms with van der Waals surface area (Å²) in [6, 6.07) is 0. The number of carbonyl (C=O) groups excluding carboxylic acids is 2. The van der Waals surface area contributed by atoms with E-state index >= 15 is 0 Å². The van der Waals surface area contributed by atoms with E-state index in [0.29, 0.717) is 6.42 Å². The molecular formula is C61H116O10. The number of allylic oxidation sites excluding steroid dienone is 2. The zero-order valence-corrected chi connectivity index (χ0v) is 46.5. The number of ether oxygens (including phenoxy) is 4. The van der Waals surface area contributed by atoms with Crippen LogP contribution in [0.5, 0.6) is 0 Å². The van der Waals surface area contributed by atoms with Gasteiger partial charge < -0.3 is 39.4 Å². The van der Waals surface area contributed by atoms with Gasteiger partial charge in [-0.05, 0) is 38.5 Å². The third-order valence-corrected chi connectivity index (χ3v) is 14.7. The standard InChI is InChI=1S/C61H116O10/c1-3-5-7-9-11-13-15-17-19-21-23-25-27-29-31-33-35-37-39-41-43-45-47-49-56(63)68-52-54(53-69-61-60(67)59(66)58(65)55(51-62)71-61)70-57(64)50-48-46-44-42-40-38-36-34-32-30-28-26-24-22-20-18-16-14-12-10-8-6-4-2/h22,24,54-55,58-62,65-67H,3-21,23,25-53H2,1-2H3/b24-22-. The highest BCUT2D eigenvalue weighted by Crippen LogP contribution is 2.23. The van der Waals surface area contributed by atoms with E-state index in [4.69, 9.17) is 18.9 Å². The first-order valence-electron chi connectivity index (χ1n) is 30.8. The number of unbranched alkanes of at least 4 members (excludes halogenated alkanes) is 41. The van der Waals surface area contributed by atoms with Crippen LogP contribution in [-0.2, 0) is 28.5 Å². The molecule has 6 unspecified atom stereocenters. The summed E-state index contributed by atoms with van der Waals surface area (Å²) < 4.78 is 22.4. The highest BCUT2D eigenvalue weighted by molar-refractivity contribution is 5.70. The lowest BCUT2D eigenvalue weighted by molar-refractivity contribution is -0.305. The van der Waals surface area contributed by atoms with Crippen molar-refractivity contribution in [3.05, 3.63) is 12.2 Å². The summed E-state index contributed by atoms with van der Waals surface area (Å²) in [5, 5.41) is 40.4. The Kier molecular flexibility index (Phi) is 49.3. The molecule has 71 heavy (non-hydrogen) atoms. The van der Waals surface area contributed by atoms with Crippen molar-refractivity contribution < 1.29 is 49.0 Å². The van der Waals surface area contributed by atoms with Crippen LogP contribution in [0.1, 0.15) is 309 Å². The topological polar surface area (TPSA) is 152 Å². The summed E-state index contributed by atoms with van der Waals surface area (Å²) in [5.74, 6) is -0.785. The van der Waals surface area contributed by atoms with Gasteiger partial charge in [0.05, 0.1) is 13.2 Å². The molecule has 0 saturated carbocycles. The highest BCUT2D eigenvalue weighted by atomic mass is 16.7. The first-order chi connectivity index (χ1) is 34.8. The number of hydrogen-bond donors (Lipinski definition) is 4. The molecule has 1 aliphatic heterocycles. The average Bonchev–Trinajstić information content (AvgIpc) is 3.37. The normalized spacial score (nSPS) is 18.6. The van der Waals surface area contributed by atoms with Crippen LogP contribution in [0.3, 0.4) is 0 Å². The smallest absolute Gasteiger partial charge is 0.306 e. The van der Waals surface area contributed by atoms with Gasteiger partial charge >= 0.3 is 11.9 Å². The lowest BCUT2D eigenvalue weighted by Gasteiger charge is -2.39. The Hall–Kier alpha value is -1.56. The monoisotopic (exact) mass is 1010 g/mol. The Labute approximate surface area is 437 Å². The van der Waals surface area contributed by atoms with E-state index in [2.05, 4.69) is 26.0 Å². The zero-order valence-electron chi connectivity index (χ0n) is 46.5. The number of esters is 2. The molecule has 0 bridgehead atoms. The minimum Gasteiger partial charge on any atom is -0.462 e. The Morgan fingerprint density at radius 3 is 1.10 bits per heavy atom. The fourth-order valence-corrected chi connectivity index (χ4v) is 9.84. The van der Waals surface area contributed by atoms with Crippen LogP contribution in [0.2, 0.25) is 0 Å². The van der Waals surface area contributed by atoms with Crippen molar-refractivity contribution in [1.29, 1.82) is 0 Å². The lowest BCUT2D eigenvalue weighted by atomic mass is 9.99. The largest absolute Gasteiger partial charge is 0.462 e. The number of aliphatic hydroxyl groups is 4. The summed E-state index contributed by atoms with van der Waals surface area (Å²) in [6.45, 7) is 3.50. The van der Waals surface area contributed by atoms with Crippen LogP contribution in [-0.4, -0.2) is 89.0 Å². The van der Waals surface area contributed by atoms with Crippen molar-refractivity contribution in [3.63, 3.8) is 0 Å². The lowest BCUT2D eigenvalue weighted by Crippen LogP contribution is -2.59. The highest BCUT2D eigenvalue weighted by Gasteiger charge is 2.44. The maximum Gasteiger partial charge on any atom is 0.306 e. The molecule has 4 N–H and O–H groups in total. The number of aliphatic hydroxyl groups excluding tert-OH is 4. The summed E-state index contributed by atoms with van der Waals surface area (Å²) in [7, 11) is 0. The first kappa shape index (κ1) is 67.5. The van der Waals surface area contributed by atoms with Crippen LogP contribution in [0, 0.1) is 0 Å². The fraction of sp³-hybridized carbons (Fsp3) is 0.934. The molecule has 1 fully saturated rings. The summed E-state index contributed by atoms with van der Waals surface area (Å²) in [4.78, 5) is 25.6. The molecule has 1 rings (SSSR count). The predicted octanol–water partition coefficient (Wildman–Crippen LogP) is 15.8. The molecule has 10 nitrogen and oxygen atoms in total. The van der Waals surface area contributed by atoms with E-state index < -0.39 is 49.4 Å². The van der Waals surface area contributed by atoms with E-state index in [1.165, 1.54) is 238 Å². The van der Waals surface area contributed by atoms with Crippen molar-refractivity contribution in [1.82, 2.24) is 0 Å². The molecule has 1 heterocycles. The van der Waals surface area contributed by atoms with E-state index in [9.17, 15) is 30.0 Å². The predicted molar refractivity (Wildman–Crippen MR) is 293 cm³/mol. The second-order valence-electron chi connectivity index (χ2n) is 21.5. The molecule has 0 radical (unpaired) electrons. The molecule has 1 aliphatic rings. The van der Waals surface area contributed by atoms with Gasteiger partial charge in [-0.2, -0.15) is 0 Å². The number of hydrogen-bond acceptors (Lipinski definition) is 10. The van der Waals surface area contributed by atoms with Gasteiger partial charge in [-0.15, -0.1) is 0 Å². The molecule has 6 atom stereocenters. The molecule has 0 aromatic heterocycles. The number of carbonyl (C=O) groups is 2. The van der Waals surface area contributed by atoms with E-state index in [1.54, 1.807) is 0 Å². The van der Waals surface area contributed by atoms with Crippen molar-refractivity contribution in [2.24, 2.45) is 0 Å². The van der Waals surface area contributed by atoms with E-state index in [-0.39, 0.29) is 32.0 Å². The van der Waals surface area contributed by atoms with E-state index in [1.807, 2.05) is 0 Å². The fourth-order valence-electron chi connectivity index (χ4n) is 9.84. The summed E-state index contributed by atoms with van der Waals surface area (Å²) in [5.41, 5.74) is 0. The number of rotatable bonds is 54. The SMILES string of the molecule is CCCCCCCCCC/C=C\CCCCCCCCCCCCCC(=O)OC(COC(=O)CCCCCCCCCCCCCCCCCCCCCCCCC)COC1OC(CO)C(O)C(O)C1O. The molecule has 1 saturated heterocycles. The average molecular weight is 1010 g/mol. The van der Waals surface area contributed by atoms with Gasteiger partial charge in [0.25, 0.3) is 0 Å². The van der Waals surface area contributed by atoms with Crippen molar-refractivity contribution in [2.45, 2.75) is 346 Å². The van der Waals surface area contributed by atoms with Crippen molar-refractivity contribution in [2.75, 3.05) is 19.8 Å². The third-order valence-electron chi connectivity index (χ3n) is 14.7. The zero-order chi connectivity index (χ0) is 51.5. The van der Waals surface area contributed by atoms with Gasteiger partial charge in [0.2, 0.25) is 0 Å². The van der Waals surface area contributed by atoms with Crippen LogP contribution in [0.25, 0.3) is 0 Å². The second kappa shape index (κ2) is 51.9. The minimum atomic E-state index is -1.59. The molecule has 0 aromatic rings. The van der Waals surface area contributed by atoms with Crippen LogP contribution >= 0.6 is 0 Å². The van der Waals surface area contributed by atoms with Crippen LogP contribution in [0.4, 0.5) is 0 Å². The van der Waals surface area contributed by atoms with Crippen LogP contribution < -0.4 is 0 Å². The van der Waals surface area contributed by atoms with Gasteiger partial charge in [0.1, 0.15) is 31.0 Å². The second-order valence-corrected chi connectivity index (χ2v) is 21.5. The third kappa shape index (κ3) is 42.4. The molecule has 0 aromatic carbocycles. The Bertz CT molecular complexity index is 1160. The quantitative estimate of drug-likeness (QED) is 0.0263. The minimum absolute atomic E-state index is 0.211. The van der Waals surface area contributed by atoms with Gasteiger partial charge in [-0.3, -0.25) is 9.59 Å². The van der Waals surface area contributed by atoms with Crippen LogP contribution in [0.15, 0.2) is 12.2 Å². The molecular weight excluding hydrogens is 893 g/mol.